The van der Waals surface area contributed by atoms with Crippen molar-refractivity contribution in [1.82, 2.24) is 10.3 Å². The van der Waals surface area contributed by atoms with Gasteiger partial charge in [0.2, 0.25) is 0 Å². The zero-order chi connectivity index (χ0) is 13.3. The van der Waals surface area contributed by atoms with Gasteiger partial charge in [-0.05, 0) is 25.5 Å². The molecule has 2 rings (SSSR count). The number of thiazole rings is 1. The van der Waals surface area contributed by atoms with Gasteiger partial charge < -0.3 is 10.1 Å². The van der Waals surface area contributed by atoms with E-state index >= 15 is 0 Å². The Kier molecular flexibility index (Phi) is 6.01. The summed E-state index contributed by atoms with van der Waals surface area (Å²) < 4.78 is 5.66. The first kappa shape index (κ1) is 14.2. The molecule has 0 aliphatic carbocycles. The number of ether oxygens (including phenoxy) is 1. The number of benzene rings is 1. The molecule has 0 unspecified atom stereocenters. The number of nitrogens with one attached hydrogen (secondary N) is 1. The molecule has 1 heterocycles. The second kappa shape index (κ2) is 8.04. The average Bonchev–Trinajstić information content (AvgIpc) is 2.88. The van der Waals surface area contributed by atoms with Crippen LogP contribution in [0.2, 0.25) is 0 Å². The van der Waals surface area contributed by atoms with Gasteiger partial charge >= 0.3 is 0 Å². The third-order valence-corrected chi connectivity index (χ3v) is 3.67. The second-order valence-corrected chi connectivity index (χ2v) is 5.35. The Morgan fingerprint density at radius 3 is 2.89 bits per heavy atom. The zero-order valence-corrected chi connectivity index (χ0v) is 12.1. The predicted octanol–water partition coefficient (Wildman–Crippen LogP) is 3.01. The monoisotopic (exact) mass is 276 g/mol. The SMILES string of the molecule is CNCc1nc(COCCCc2ccccc2)cs1. The van der Waals surface area contributed by atoms with Gasteiger partial charge in [0.05, 0.1) is 12.3 Å². The van der Waals surface area contributed by atoms with E-state index in [1.54, 1.807) is 11.3 Å². The molecule has 0 fully saturated rings. The smallest absolute Gasteiger partial charge is 0.107 e. The minimum Gasteiger partial charge on any atom is -0.375 e. The van der Waals surface area contributed by atoms with Gasteiger partial charge in [-0.1, -0.05) is 30.3 Å². The lowest BCUT2D eigenvalue weighted by molar-refractivity contribution is 0.116. The van der Waals surface area contributed by atoms with Gasteiger partial charge in [-0.25, -0.2) is 4.98 Å². The van der Waals surface area contributed by atoms with Gasteiger partial charge in [0.25, 0.3) is 0 Å². The van der Waals surface area contributed by atoms with E-state index in [1.807, 2.05) is 13.1 Å². The molecule has 4 heteroatoms. The molecule has 19 heavy (non-hydrogen) atoms. The van der Waals surface area contributed by atoms with E-state index < -0.39 is 0 Å². The maximum Gasteiger partial charge on any atom is 0.107 e. The first-order chi connectivity index (χ1) is 9.38. The number of hydrogen-bond donors (Lipinski definition) is 1. The molecule has 102 valence electrons. The third kappa shape index (κ3) is 5.11. The van der Waals surface area contributed by atoms with Crippen LogP contribution in [0.5, 0.6) is 0 Å². The molecule has 0 amide bonds. The van der Waals surface area contributed by atoms with Crippen LogP contribution >= 0.6 is 11.3 Å². The fourth-order valence-corrected chi connectivity index (χ4v) is 2.64. The van der Waals surface area contributed by atoms with Crippen LogP contribution in [0.1, 0.15) is 22.7 Å². The number of hydrogen-bond acceptors (Lipinski definition) is 4. The number of rotatable bonds is 8. The summed E-state index contributed by atoms with van der Waals surface area (Å²) in [6.45, 7) is 2.24. The number of aryl methyl sites for hydroxylation is 1. The fraction of sp³-hybridized carbons (Fsp3) is 0.400. The van der Waals surface area contributed by atoms with Crippen molar-refractivity contribution in [1.29, 1.82) is 0 Å². The highest BCUT2D eigenvalue weighted by Crippen LogP contribution is 2.10. The minimum absolute atomic E-state index is 0.620. The lowest BCUT2D eigenvalue weighted by atomic mass is 10.1. The molecule has 1 aromatic heterocycles. The Bertz CT molecular complexity index is 470. The first-order valence-electron chi connectivity index (χ1n) is 6.58. The summed E-state index contributed by atoms with van der Waals surface area (Å²) in [6, 6.07) is 10.5. The molecule has 1 N–H and O–H groups in total. The van der Waals surface area contributed by atoms with E-state index in [2.05, 4.69) is 39.9 Å². The summed E-state index contributed by atoms with van der Waals surface area (Å²) in [4.78, 5) is 4.49. The molecule has 0 aliphatic heterocycles. The van der Waals surface area contributed by atoms with Crippen molar-refractivity contribution in [2.45, 2.75) is 26.0 Å². The highest BCUT2D eigenvalue weighted by Gasteiger charge is 2.01. The molecule has 3 nitrogen and oxygen atoms in total. The van der Waals surface area contributed by atoms with Crippen LogP contribution in [0.4, 0.5) is 0 Å². The summed E-state index contributed by atoms with van der Waals surface area (Å²) in [5.74, 6) is 0. The van der Waals surface area contributed by atoms with Gasteiger partial charge in [-0.15, -0.1) is 11.3 Å². The van der Waals surface area contributed by atoms with Gasteiger partial charge in [-0.3, -0.25) is 0 Å². The Labute approximate surface area is 118 Å². The molecule has 0 aliphatic rings. The topological polar surface area (TPSA) is 34.2 Å². The quantitative estimate of drug-likeness (QED) is 0.753. The maximum atomic E-state index is 5.66. The predicted molar refractivity (Wildman–Crippen MR) is 79.3 cm³/mol. The Balaban J connectivity index is 1.61. The van der Waals surface area contributed by atoms with Gasteiger partial charge in [0, 0.05) is 18.5 Å². The second-order valence-electron chi connectivity index (χ2n) is 4.40. The van der Waals surface area contributed by atoms with Crippen molar-refractivity contribution >= 4 is 11.3 Å². The van der Waals surface area contributed by atoms with Crippen molar-refractivity contribution < 1.29 is 4.74 Å². The Morgan fingerprint density at radius 2 is 2.11 bits per heavy atom. The highest BCUT2D eigenvalue weighted by atomic mass is 32.1. The van der Waals surface area contributed by atoms with Crippen LogP contribution < -0.4 is 5.32 Å². The summed E-state index contributed by atoms with van der Waals surface area (Å²) in [5, 5.41) is 6.29. The molecule has 0 bridgehead atoms. The van der Waals surface area contributed by atoms with Crippen LogP contribution in [-0.4, -0.2) is 18.6 Å². The fourth-order valence-electron chi connectivity index (χ4n) is 1.85. The van der Waals surface area contributed by atoms with Gasteiger partial charge in [-0.2, -0.15) is 0 Å². The lowest BCUT2D eigenvalue weighted by Gasteiger charge is -2.02. The molecule has 0 atom stereocenters. The first-order valence-corrected chi connectivity index (χ1v) is 7.46. The van der Waals surface area contributed by atoms with E-state index in [4.69, 9.17) is 4.74 Å². The molecule has 0 spiro atoms. The normalized spacial score (nSPS) is 10.8. The number of aromatic nitrogens is 1. The standard InChI is InChI=1S/C15H20N2OS/c1-16-10-15-17-14(12-19-15)11-18-9-5-8-13-6-3-2-4-7-13/h2-4,6-7,12,16H,5,8-11H2,1H3. The molecule has 2 aromatic rings. The van der Waals surface area contributed by atoms with Crippen molar-refractivity contribution in [3.8, 4) is 0 Å². The largest absolute Gasteiger partial charge is 0.375 e. The molecule has 0 saturated heterocycles. The Morgan fingerprint density at radius 1 is 1.26 bits per heavy atom. The van der Waals surface area contributed by atoms with Crippen LogP contribution in [-0.2, 0) is 24.3 Å². The van der Waals surface area contributed by atoms with Crippen molar-refractivity contribution in [2.75, 3.05) is 13.7 Å². The summed E-state index contributed by atoms with van der Waals surface area (Å²) in [5.41, 5.74) is 2.41. The lowest BCUT2D eigenvalue weighted by Crippen LogP contribution is -2.05. The van der Waals surface area contributed by atoms with Crippen molar-refractivity contribution in [2.24, 2.45) is 0 Å². The summed E-state index contributed by atoms with van der Waals surface area (Å²) in [7, 11) is 1.93. The molecule has 0 radical (unpaired) electrons. The molecular weight excluding hydrogens is 256 g/mol. The number of nitrogens with zero attached hydrogens (tertiary/aromatic N) is 1. The molecule has 0 saturated carbocycles. The highest BCUT2D eigenvalue weighted by molar-refractivity contribution is 7.09. The van der Waals surface area contributed by atoms with E-state index in [9.17, 15) is 0 Å². The molecule has 1 aromatic carbocycles. The average molecular weight is 276 g/mol. The van der Waals surface area contributed by atoms with Crippen LogP contribution in [0.25, 0.3) is 0 Å². The maximum absolute atomic E-state index is 5.66. The van der Waals surface area contributed by atoms with Gasteiger partial charge in [0.15, 0.2) is 0 Å². The van der Waals surface area contributed by atoms with Crippen molar-refractivity contribution in [3.05, 3.63) is 52.0 Å². The summed E-state index contributed by atoms with van der Waals surface area (Å²) >= 11 is 1.68. The van der Waals surface area contributed by atoms with E-state index in [0.717, 1.165) is 36.7 Å². The Hall–Kier alpha value is -1.23. The van der Waals surface area contributed by atoms with Crippen LogP contribution in [0.15, 0.2) is 35.7 Å². The molecular formula is C15H20N2OS. The van der Waals surface area contributed by atoms with Crippen LogP contribution in [0, 0.1) is 0 Å². The van der Waals surface area contributed by atoms with Crippen molar-refractivity contribution in [3.63, 3.8) is 0 Å². The summed E-state index contributed by atoms with van der Waals surface area (Å²) in [6.07, 6.45) is 2.13. The third-order valence-electron chi connectivity index (χ3n) is 2.77. The van der Waals surface area contributed by atoms with E-state index in [1.165, 1.54) is 5.56 Å². The minimum atomic E-state index is 0.620. The zero-order valence-electron chi connectivity index (χ0n) is 11.3. The van der Waals surface area contributed by atoms with E-state index in [0.29, 0.717) is 6.61 Å². The van der Waals surface area contributed by atoms with Crippen LogP contribution in [0.3, 0.4) is 0 Å². The van der Waals surface area contributed by atoms with Gasteiger partial charge in [0.1, 0.15) is 5.01 Å². The van der Waals surface area contributed by atoms with E-state index in [-0.39, 0.29) is 0 Å².